The first-order valence-electron chi connectivity index (χ1n) is 8.67. The average Bonchev–Trinajstić information content (AvgIpc) is 3.00. The molecule has 1 aromatic heterocycles. The van der Waals surface area contributed by atoms with Crippen molar-refractivity contribution in [2.24, 2.45) is 0 Å². The molecule has 1 amide bonds. The first kappa shape index (κ1) is 16.4. The quantitative estimate of drug-likeness (QED) is 0.842. The van der Waals surface area contributed by atoms with E-state index in [0.717, 1.165) is 32.6 Å². The molecule has 2 aliphatic heterocycles. The molecular weight excluding hydrogens is 340 g/mol. The number of amides is 1. The Labute approximate surface area is 151 Å². The summed E-state index contributed by atoms with van der Waals surface area (Å²) >= 11 is 6.33. The number of aryl methyl sites for hydroxylation is 1. The Morgan fingerprint density at radius 3 is 2.60 bits per heavy atom. The van der Waals surface area contributed by atoms with Crippen molar-refractivity contribution in [2.45, 2.75) is 19.5 Å². The molecule has 2 aromatic rings. The number of rotatable bonds is 3. The minimum atomic E-state index is -0.102. The van der Waals surface area contributed by atoms with Gasteiger partial charge in [-0.15, -0.1) is 0 Å². The summed E-state index contributed by atoms with van der Waals surface area (Å²) in [6.07, 6.45) is 0.886. The molecule has 2 aliphatic rings. The molecule has 0 aliphatic carbocycles. The second-order valence-electron chi connectivity index (χ2n) is 6.45. The molecule has 0 atom stereocenters. The number of piperazine rings is 1. The minimum absolute atomic E-state index is 0.102. The third-order valence-corrected chi connectivity index (χ3v) is 5.06. The lowest BCUT2D eigenvalue weighted by Gasteiger charge is -2.34. The second kappa shape index (κ2) is 7.06. The molecule has 0 radical (unpaired) electrons. The monoisotopic (exact) mass is 360 g/mol. The van der Waals surface area contributed by atoms with E-state index in [0.29, 0.717) is 36.3 Å². The van der Waals surface area contributed by atoms with E-state index in [1.165, 1.54) is 5.56 Å². The van der Waals surface area contributed by atoms with E-state index in [2.05, 4.69) is 34.3 Å². The van der Waals surface area contributed by atoms with Crippen molar-refractivity contribution in [2.75, 3.05) is 32.8 Å². The van der Waals surface area contributed by atoms with E-state index < -0.39 is 0 Å². The maximum absolute atomic E-state index is 12.8. The molecule has 3 heterocycles. The van der Waals surface area contributed by atoms with E-state index in [1.54, 1.807) is 4.68 Å². The highest BCUT2D eigenvalue weighted by Crippen LogP contribution is 2.31. The van der Waals surface area contributed by atoms with Crippen LogP contribution in [-0.4, -0.2) is 58.3 Å². The zero-order chi connectivity index (χ0) is 17.2. The summed E-state index contributed by atoms with van der Waals surface area (Å²) in [7, 11) is 0. The van der Waals surface area contributed by atoms with Gasteiger partial charge in [0.15, 0.2) is 5.69 Å². The third-order valence-electron chi connectivity index (χ3n) is 4.71. The van der Waals surface area contributed by atoms with Crippen LogP contribution in [0.5, 0.6) is 5.88 Å². The number of carbonyl (C=O) groups is 1. The van der Waals surface area contributed by atoms with Gasteiger partial charge in [-0.3, -0.25) is 9.69 Å². The van der Waals surface area contributed by atoms with E-state index >= 15 is 0 Å². The topological polar surface area (TPSA) is 50.6 Å². The number of halogens is 1. The summed E-state index contributed by atoms with van der Waals surface area (Å²) < 4.78 is 7.24. The summed E-state index contributed by atoms with van der Waals surface area (Å²) in [5.41, 5.74) is 1.61. The molecule has 1 fully saturated rings. The number of carbonyl (C=O) groups excluding carboxylic acids is 1. The van der Waals surface area contributed by atoms with Crippen molar-refractivity contribution in [3.63, 3.8) is 0 Å². The van der Waals surface area contributed by atoms with Gasteiger partial charge in [0.25, 0.3) is 5.91 Å². The first-order chi connectivity index (χ1) is 12.2. The Hall–Kier alpha value is -2.05. The van der Waals surface area contributed by atoms with Crippen LogP contribution in [0.25, 0.3) is 0 Å². The second-order valence-corrected chi connectivity index (χ2v) is 6.82. The van der Waals surface area contributed by atoms with Crippen molar-refractivity contribution in [1.82, 2.24) is 19.6 Å². The number of hydrogen-bond donors (Lipinski definition) is 0. The van der Waals surface area contributed by atoms with Gasteiger partial charge in [0.2, 0.25) is 5.88 Å². The van der Waals surface area contributed by atoms with Crippen LogP contribution >= 0.6 is 11.6 Å². The predicted molar refractivity (Wildman–Crippen MR) is 95.0 cm³/mol. The zero-order valence-electron chi connectivity index (χ0n) is 14.0. The van der Waals surface area contributed by atoms with Crippen molar-refractivity contribution in [1.29, 1.82) is 0 Å². The van der Waals surface area contributed by atoms with Crippen molar-refractivity contribution in [3.8, 4) is 5.88 Å². The number of benzene rings is 1. The molecule has 6 nitrogen and oxygen atoms in total. The number of ether oxygens (including phenoxy) is 1. The van der Waals surface area contributed by atoms with Gasteiger partial charge in [-0.2, -0.15) is 5.10 Å². The standard InChI is InChI=1S/C18H21ClN4O2/c19-15-16(20-23-7-4-12-25-18(15)23)17(24)22-10-8-21(9-11-22)13-14-5-2-1-3-6-14/h1-3,5-6H,4,7-13H2. The molecule has 1 saturated heterocycles. The molecular formula is C18H21ClN4O2. The van der Waals surface area contributed by atoms with Crippen LogP contribution in [0.3, 0.4) is 0 Å². The van der Waals surface area contributed by atoms with Gasteiger partial charge in [-0.05, 0) is 5.56 Å². The lowest BCUT2D eigenvalue weighted by molar-refractivity contribution is 0.0622. The molecule has 25 heavy (non-hydrogen) atoms. The molecule has 0 spiro atoms. The zero-order valence-corrected chi connectivity index (χ0v) is 14.8. The molecule has 7 heteroatoms. The van der Waals surface area contributed by atoms with Gasteiger partial charge in [0, 0.05) is 45.7 Å². The van der Waals surface area contributed by atoms with Gasteiger partial charge in [-0.1, -0.05) is 41.9 Å². The fourth-order valence-electron chi connectivity index (χ4n) is 3.33. The molecule has 132 valence electrons. The van der Waals surface area contributed by atoms with E-state index in [4.69, 9.17) is 16.3 Å². The summed E-state index contributed by atoms with van der Waals surface area (Å²) in [4.78, 5) is 17.0. The predicted octanol–water partition coefficient (Wildman–Crippen LogP) is 2.28. The number of aromatic nitrogens is 2. The maximum Gasteiger partial charge on any atom is 0.276 e. The summed E-state index contributed by atoms with van der Waals surface area (Å²) in [6, 6.07) is 10.4. The van der Waals surface area contributed by atoms with Crippen LogP contribution < -0.4 is 4.74 Å². The summed E-state index contributed by atoms with van der Waals surface area (Å²) in [5, 5.41) is 4.71. The largest absolute Gasteiger partial charge is 0.477 e. The van der Waals surface area contributed by atoms with E-state index in [9.17, 15) is 4.79 Å². The highest BCUT2D eigenvalue weighted by Gasteiger charge is 2.29. The van der Waals surface area contributed by atoms with Gasteiger partial charge in [0.05, 0.1) is 6.61 Å². The molecule has 0 unspecified atom stereocenters. The minimum Gasteiger partial charge on any atom is -0.477 e. The lowest BCUT2D eigenvalue weighted by Crippen LogP contribution is -2.48. The van der Waals surface area contributed by atoms with Gasteiger partial charge in [-0.25, -0.2) is 4.68 Å². The van der Waals surface area contributed by atoms with Gasteiger partial charge in [0.1, 0.15) is 5.02 Å². The van der Waals surface area contributed by atoms with Crippen LogP contribution in [-0.2, 0) is 13.1 Å². The number of fused-ring (bicyclic) bond motifs is 1. The smallest absolute Gasteiger partial charge is 0.276 e. The molecule has 0 bridgehead atoms. The highest BCUT2D eigenvalue weighted by atomic mass is 35.5. The van der Waals surface area contributed by atoms with Crippen LogP contribution in [0.15, 0.2) is 30.3 Å². The Bertz CT molecular complexity index is 754. The van der Waals surface area contributed by atoms with Gasteiger partial charge < -0.3 is 9.64 Å². The molecule has 0 saturated carbocycles. The van der Waals surface area contributed by atoms with Crippen molar-refractivity contribution < 1.29 is 9.53 Å². The lowest BCUT2D eigenvalue weighted by atomic mass is 10.2. The average molecular weight is 361 g/mol. The maximum atomic E-state index is 12.8. The third kappa shape index (κ3) is 3.37. The summed E-state index contributed by atoms with van der Waals surface area (Å²) in [6.45, 7) is 5.35. The Kier molecular flexibility index (Phi) is 4.63. The molecule has 1 aromatic carbocycles. The van der Waals surface area contributed by atoms with Crippen LogP contribution in [0.2, 0.25) is 5.02 Å². The van der Waals surface area contributed by atoms with Crippen LogP contribution in [0, 0.1) is 0 Å². The van der Waals surface area contributed by atoms with Crippen LogP contribution in [0.1, 0.15) is 22.5 Å². The van der Waals surface area contributed by atoms with Crippen molar-refractivity contribution >= 4 is 17.5 Å². The first-order valence-corrected chi connectivity index (χ1v) is 9.05. The summed E-state index contributed by atoms with van der Waals surface area (Å²) in [5.74, 6) is 0.425. The Balaban J connectivity index is 1.39. The number of nitrogens with zero attached hydrogens (tertiary/aromatic N) is 4. The fourth-order valence-corrected chi connectivity index (χ4v) is 3.61. The van der Waals surface area contributed by atoms with Crippen molar-refractivity contribution in [3.05, 3.63) is 46.6 Å². The van der Waals surface area contributed by atoms with Crippen LogP contribution in [0.4, 0.5) is 0 Å². The fraction of sp³-hybridized carbons (Fsp3) is 0.444. The Morgan fingerprint density at radius 2 is 1.88 bits per heavy atom. The number of hydrogen-bond acceptors (Lipinski definition) is 4. The highest BCUT2D eigenvalue weighted by molar-refractivity contribution is 6.34. The van der Waals surface area contributed by atoms with Gasteiger partial charge >= 0.3 is 0 Å². The Morgan fingerprint density at radius 1 is 1.12 bits per heavy atom. The van der Waals surface area contributed by atoms with E-state index in [-0.39, 0.29) is 5.91 Å². The SMILES string of the molecule is O=C(c1nn2c(c1Cl)OCCC2)N1CCN(Cc2ccccc2)CC1. The molecule has 4 rings (SSSR count). The normalized spacial score (nSPS) is 17.9. The van der Waals surface area contributed by atoms with E-state index in [1.807, 2.05) is 11.0 Å². The molecule has 0 N–H and O–H groups in total.